The second kappa shape index (κ2) is 17.4. The van der Waals surface area contributed by atoms with Gasteiger partial charge in [-0.2, -0.15) is 0 Å². The number of benzene rings is 1. The number of rotatable bonds is 10. The minimum Gasteiger partial charge on any atom is -0.481 e. The van der Waals surface area contributed by atoms with E-state index in [4.69, 9.17) is 32.5 Å². The van der Waals surface area contributed by atoms with Gasteiger partial charge in [0.2, 0.25) is 0 Å². The van der Waals surface area contributed by atoms with Crippen molar-refractivity contribution in [3.63, 3.8) is 0 Å². The molecule has 0 amide bonds. The zero-order chi connectivity index (χ0) is 23.7. The van der Waals surface area contributed by atoms with E-state index >= 15 is 0 Å². The molecule has 1 aromatic rings. The number of carboxylic acid groups (broad SMARTS) is 3. The van der Waals surface area contributed by atoms with E-state index in [1.807, 2.05) is 51.1 Å². The van der Waals surface area contributed by atoms with Gasteiger partial charge in [0.25, 0.3) is 0 Å². The van der Waals surface area contributed by atoms with E-state index in [-0.39, 0.29) is 11.8 Å². The second-order valence-electron chi connectivity index (χ2n) is 6.83. The summed E-state index contributed by atoms with van der Waals surface area (Å²) in [5, 5.41) is 25.4. The number of carbonyl (C=O) groups is 3. The predicted octanol–water partition coefficient (Wildman–Crippen LogP) is 1.85. The van der Waals surface area contributed by atoms with Gasteiger partial charge in [-0.15, -0.1) is 0 Å². The quantitative estimate of drug-likeness (QED) is 0.323. The Kier molecular flexibility index (Phi) is 17.2. The van der Waals surface area contributed by atoms with Crippen LogP contribution in [0.5, 0.6) is 0 Å². The Hall–Kier alpha value is -2.49. The van der Waals surface area contributed by atoms with Gasteiger partial charge in [0.15, 0.2) is 0 Å². The highest BCUT2D eigenvalue weighted by molar-refractivity contribution is 5.76. The minimum atomic E-state index is -0.955. The molecule has 9 heteroatoms. The maximum atomic E-state index is 10.7. The van der Waals surface area contributed by atoms with Crippen molar-refractivity contribution in [2.75, 3.05) is 6.54 Å². The van der Waals surface area contributed by atoms with Crippen LogP contribution in [0.4, 0.5) is 0 Å². The second-order valence-corrected chi connectivity index (χ2v) is 6.83. The largest absolute Gasteiger partial charge is 0.481 e. The molecule has 0 saturated heterocycles. The number of carboxylic acids is 3. The molecule has 0 saturated carbocycles. The Morgan fingerprint density at radius 3 is 1.73 bits per heavy atom. The molecule has 0 aliphatic rings. The average Bonchev–Trinajstić information content (AvgIpc) is 2.72. The summed E-state index contributed by atoms with van der Waals surface area (Å²) in [5.41, 5.74) is 16.4. The molecular formula is C21H37N3O6. The van der Waals surface area contributed by atoms with Crippen molar-refractivity contribution in [1.82, 2.24) is 0 Å². The lowest BCUT2D eigenvalue weighted by molar-refractivity contribution is -0.140. The molecule has 9 N–H and O–H groups in total. The van der Waals surface area contributed by atoms with E-state index in [2.05, 4.69) is 0 Å². The smallest absolute Gasteiger partial charge is 0.320 e. The highest BCUT2D eigenvalue weighted by atomic mass is 16.4. The van der Waals surface area contributed by atoms with Gasteiger partial charge in [-0.25, -0.2) is 0 Å². The fourth-order valence-corrected chi connectivity index (χ4v) is 2.20. The van der Waals surface area contributed by atoms with Gasteiger partial charge >= 0.3 is 17.9 Å². The van der Waals surface area contributed by atoms with Crippen LogP contribution < -0.4 is 17.2 Å². The minimum absolute atomic E-state index is 0.0718. The maximum absolute atomic E-state index is 10.7. The number of hydrogen-bond donors (Lipinski definition) is 6. The number of hydrogen-bond acceptors (Lipinski definition) is 6. The molecule has 0 spiro atoms. The molecule has 0 aliphatic heterocycles. The van der Waals surface area contributed by atoms with Crippen molar-refractivity contribution in [1.29, 1.82) is 0 Å². The molecule has 4 atom stereocenters. The topological polar surface area (TPSA) is 190 Å². The molecule has 30 heavy (non-hydrogen) atoms. The van der Waals surface area contributed by atoms with Gasteiger partial charge in [0.05, 0.1) is 5.92 Å². The number of nitrogens with two attached hydrogens (primary N) is 3. The van der Waals surface area contributed by atoms with Gasteiger partial charge in [0, 0.05) is 0 Å². The van der Waals surface area contributed by atoms with Crippen LogP contribution in [0, 0.1) is 5.92 Å². The fourth-order valence-electron chi connectivity index (χ4n) is 2.20. The molecule has 0 aliphatic carbocycles. The summed E-state index contributed by atoms with van der Waals surface area (Å²) < 4.78 is 0. The molecule has 1 aromatic carbocycles. The molecule has 0 fully saturated rings. The van der Waals surface area contributed by atoms with Crippen LogP contribution in [0.25, 0.3) is 0 Å². The lowest BCUT2D eigenvalue weighted by Crippen LogP contribution is -2.36. The molecule has 4 unspecified atom stereocenters. The monoisotopic (exact) mass is 427 g/mol. The lowest BCUT2D eigenvalue weighted by atomic mass is 9.97. The summed E-state index contributed by atoms with van der Waals surface area (Å²) in [6.07, 6.45) is 2.59. The Morgan fingerprint density at radius 2 is 1.43 bits per heavy atom. The normalized spacial score (nSPS) is 13.9. The summed E-state index contributed by atoms with van der Waals surface area (Å²) >= 11 is 0. The van der Waals surface area contributed by atoms with Crippen LogP contribution in [-0.4, -0.2) is 51.9 Å². The molecule has 0 radical (unpaired) electrons. The van der Waals surface area contributed by atoms with Crippen LogP contribution in [-0.2, 0) is 14.4 Å². The fraction of sp³-hybridized carbons (Fsp3) is 0.571. The van der Waals surface area contributed by atoms with Crippen molar-refractivity contribution in [3.8, 4) is 0 Å². The van der Waals surface area contributed by atoms with E-state index in [9.17, 15) is 14.4 Å². The van der Waals surface area contributed by atoms with E-state index in [0.29, 0.717) is 25.8 Å². The van der Waals surface area contributed by atoms with Gasteiger partial charge in [0.1, 0.15) is 12.1 Å². The number of aliphatic carboxylic acids is 3. The first-order valence-electron chi connectivity index (χ1n) is 9.97. The van der Waals surface area contributed by atoms with Gasteiger partial charge in [-0.3, -0.25) is 14.4 Å². The van der Waals surface area contributed by atoms with Crippen LogP contribution >= 0.6 is 0 Å². The van der Waals surface area contributed by atoms with Crippen molar-refractivity contribution < 1.29 is 29.7 Å². The average molecular weight is 428 g/mol. The summed E-state index contributed by atoms with van der Waals surface area (Å²) in [6.45, 7) is 6.14. The Bertz CT molecular complexity index is 612. The van der Waals surface area contributed by atoms with E-state index in [0.717, 1.165) is 12.0 Å². The van der Waals surface area contributed by atoms with Crippen LogP contribution in [0.15, 0.2) is 30.3 Å². The predicted molar refractivity (Wildman–Crippen MR) is 116 cm³/mol. The first kappa shape index (κ1) is 29.7. The van der Waals surface area contributed by atoms with Crippen molar-refractivity contribution >= 4 is 17.9 Å². The standard InChI is InChI=1S/C10H12O2.C6H13NO2.C5H12N2O2/c1-2-9(10(11)12)8-6-4-3-5-7-8;1-3-4(2)5(7)6(8)9;6-3-1-2-4(7)5(8)9/h3-7,9H,2H2,1H3,(H,11,12);4-5H,3,7H2,1-2H3,(H,8,9);4H,1-3,6-7H2,(H,8,9). The summed E-state index contributed by atoms with van der Waals surface area (Å²) in [7, 11) is 0. The van der Waals surface area contributed by atoms with Gasteiger partial charge in [-0.05, 0) is 37.3 Å². The third-order valence-electron chi connectivity index (χ3n) is 4.49. The first-order chi connectivity index (χ1) is 14.0. The van der Waals surface area contributed by atoms with Crippen LogP contribution in [0.3, 0.4) is 0 Å². The zero-order valence-electron chi connectivity index (χ0n) is 18.0. The third kappa shape index (κ3) is 13.6. The lowest BCUT2D eigenvalue weighted by Gasteiger charge is -2.11. The van der Waals surface area contributed by atoms with E-state index in [1.165, 1.54) is 0 Å². The molecule has 0 bridgehead atoms. The summed E-state index contributed by atoms with van der Waals surface area (Å²) in [4.78, 5) is 30.9. The zero-order valence-corrected chi connectivity index (χ0v) is 18.0. The Morgan fingerprint density at radius 1 is 0.900 bits per heavy atom. The van der Waals surface area contributed by atoms with E-state index < -0.39 is 30.0 Å². The Labute approximate surface area is 178 Å². The molecular weight excluding hydrogens is 390 g/mol. The molecule has 0 aromatic heterocycles. The van der Waals surface area contributed by atoms with Crippen molar-refractivity contribution in [2.24, 2.45) is 23.1 Å². The molecule has 1 rings (SSSR count). The summed E-state index contributed by atoms with van der Waals surface area (Å²) in [5.74, 6) is -2.90. The SMILES string of the molecule is CCC(C(=O)O)c1ccccc1.CCC(C)C(N)C(=O)O.NCCCC(N)C(=O)O. The Balaban J connectivity index is 0. The molecule has 172 valence electrons. The molecule has 9 nitrogen and oxygen atoms in total. The highest BCUT2D eigenvalue weighted by Gasteiger charge is 2.17. The highest BCUT2D eigenvalue weighted by Crippen LogP contribution is 2.18. The van der Waals surface area contributed by atoms with E-state index in [1.54, 1.807) is 0 Å². The van der Waals surface area contributed by atoms with Crippen molar-refractivity contribution in [2.45, 2.75) is 64.5 Å². The third-order valence-corrected chi connectivity index (χ3v) is 4.49. The molecule has 0 heterocycles. The van der Waals surface area contributed by atoms with Gasteiger partial charge < -0.3 is 32.5 Å². The van der Waals surface area contributed by atoms with Crippen LogP contribution in [0.2, 0.25) is 0 Å². The van der Waals surface area contributed by atoms with Crippen LogP contribution in [0.1, 0.15) is 57.9 Å². The maximum Gasteiger partial charge on any atom is 0.320 e. The summed E-state index contributed by atoms with van der Waals surface area (Å²) in [6, 6.07) is 7.87. The first-order valence-corrected chi connectivity index (χ1v) is 9.97. The van der Waals surface area contributed by atoms with Gasteiger partial charge in [-0.1, -0.05) is 57.5 Å². The van der Waals surface area contributed by atoms with Crippen molar-refractivity contribution in [3.05, 3.63) is 35.9 Å².